The highest BCUT2D eigenvalue weighted by Gasteiger charge is 2.43. The summed E-state index contributed by atoms with van der Waals surface area (Å²) in [5.74, 6) is -0.484. The Kier molecular flexibility index (Phi) is 7.12. The lowest BCUT2D eigenvalue weighted by atomic mass is 9.83. The Hall–Kier alpha value is -2.42. The van der Waals surface area contributed by atoms with Crippen LogP contribution < -0.4 is 5.32 Å². The molecule has 0 spiro atoms. The predicted octanol–water partition coefficient (Wildman–Crippen LogP) is 1.81. The molecule has 5 amide bonds. The lowest BCUT2D eigenvalue weighted by Gasteiger charge is -2.28. The lowest BCUT2D eigenvalue weighted by molar-refractivity contribution is -0.132. The molecule has 1 aromatic heterocycles. The van der Waals surface area contributed by atoms with E-state index in [4.69, 9.17) is 0 Å². The minimum atomic E-state index is -0.447. The number of rotatable bonds is 9. The van der Waals surface area contributed by atoms with E-state index in [1.807, 2.05) is 24.4 Å². The van der Waals surface area contributed by atoms with Gasteiger partial charge >= 0.3 is 6.03 Å². The van der Waals surface area contributed by atoms with Gasteiger partial charge in [-0.25, -0.2) is 4.79 Å². The number of nitrogens with one attached hydrogen (secondary N) is 1. The van der Waals surface area contributed by atoms with Crippen LogP contribution in [0.1, 0.15) is 43.9 Å². The van der Waals surface area contributed by atoms with Crippen molar-refractivity contribution in [1.29, 1.82) is 0 Å². The van der Waals surface area contributed by atoms with Crippen molar-refractivity contribution in [2.75, 3.05) is 39.8 Å². The number of imide groups is 1. The summed E-state index contributed by atoms with van der Waals surface area (Å²) in [5, 5.41) is 5.05. The van der Waals surface area contributed by atoms with E-state index < -0.39 is 11.4 Å². The van der Waals surface area contributed by atoms with E-state index in [-0.39, 0.29) is 30.8 Å². The van der Waals surface area contributed by atoms with Crippen molar-refractivity contribution in [3.05, 3.63) is 22.4 Å². The van der Waals surface area contributed by atoms with Gasteiger partial charge in [0.2, 0.25) is 17.7 Å². The van der Waals surface area contributed by atoms with E-state index in [1.165, 1.54) is 11.9 Å². The van der Waals surface area contributed by atoms with Crippen LogP contribution in [0.25, 0.3) is 0 Å². The first-order valence-electron chi connectivity index (χ1n) is 10.5. The van der Waals surface area contributed by atoms with Gasteiger partial charge < -0.3 is 15.1 Å². The molecule has 1 saturated carbocycles. The maximum Gasteiger partial charge on any atom is 0.327 e. The van der Waals surface area contributed by atoms with Crippen molar-refractivity contribution in [2.45, 2.75) is 44.4 Å². The molecule has 164 valence electrons. The van der Waals surface area contributed by atoms with E-state index in [0.717, 1.165) is 41.9 Å². The Labute approximate surface area is 181 Å². The number of hydrogen-bond donors (Lipinski definition) is 1. The van der Waals surface area contributed by atoms with Crippen molar-refractivity contribution in [1.82, 2.24) is 20.0 Å². The minimum Gasteiger partial charge on any atom is -0.354 e. The van der Waals surface area contributed by atoms with Gasteiger partial charge in [0, 0.05) is 31.6 Å². The van der Waals surface area contributed by atoms with Crippen molar-refractivity contribution in [3.63, 3.8) is 0 Å². The zero-order valence-electron chi connectivity index (χ0n) is 17.7. The summed E-state index contributed by atoms with van der Waals surface area (Å²) in [5.41, 5.74) is -0.444. The quantitative estimate of drug-likeness (QED) is 0.600. The molecule has 1 saturated heterocycles. The van der Waals surface area contributed by atoms with Crippen molar-refractivity contribution >= 4 is 35.1 Å². The monoisotopic (exact) mass is 434 g/mol. The molecule has 9 heteroatoms. The van der Waals surface area contributed by atoms with Gasteiger partial charge in [-0.1, -0.05) is 25.8 Å². The summed E-state index contributed by atoms with van der Waals surface area (Å²) in [7, 11) is 1.42. The fourth-order valence-electron chi connectivity index (χ4n) is 4.26. The average molecular weight is 435 g/mol. The highest BCUT2D eigenvalue weighted by Crippen LogP contribution is 2.43. The topological polar surface area (TPSA) is 90.0 Å². The molecular weight excluding hydrogens is 404 g/mol. The number of amides is 5. The van der Waals surface area contributed by atoms with E-state index in [2.05, 4.69) is 5.32 Å². The minimum absolute atomic E-state index is 0.0355. The molecule has 2 heterocycles. The number of thiophene rings is 1. The van der Waals surface area contributed by atoms with Crippen LogP contribution in [0.4, 0.5) is 4.79 Å². The molecular formula is C21H30N4O4S. The molecule has 0 unspecified atom stereocenters. The smallest absolute Gasteiger partial charge is 0.327 e. The summed E-state index contributed by atoms with van der Waals surface area (Å²) in [6.45, 7) is 3.07. The number of carbonyl (C=O) groups is 4. The van der Waals surface area contributed by atoms with Crippen molar-refractivity contribution in [2.24, 2.45) is 0 Å². The van der Waals surface area contributed by atoms with E-state index in [0.29, 0.717) is 19.6 Å². The van der Waals surface area contributed by atoms with Gasteiger partial charge in [-0.15, -0.1) is 11.3 Å². The van der Waals surface area contributed by atoms with Gasteiger partial charge in [-0.05, 0) is 30.7 Å². The number of hydrogen-bond acceptors (Lipinski definition) is 5. The van der Waals surface area contributed by atoms with Gasteiger partial charge in [0.25, 0.3) is 0 Å². The molecule has 1 N–H and O–H groups in total. The van der Waals surface area contributed by atoms with E-state index in [1.54, 1.807) is 16.2 Å². The highest BCUT2D eigenvalue weighted by molar-refractivity contribution is 7.10. The van der Waals surface area contributed by atoms with Crippen LogP contribution >= 0.6 is 11.3 Å². The Bertz CT molecular complexity index is 789. The van der Waals surface area contributed by atoms with Gasteiger partial charge in [0.15, 0.2) is 0 Å². The molecule has 30 heavy (non-hydrogen) atoms. The van der Waals surface area contributed by atoms with Crippen LogP contribution in [0.3, 0.4) is 0 Å². The summed E-state index contributed by atoms with van der Waals surface area (Å²) in [6.07, 6.45) is 4.57. The standard InChI is InChI=1S/C21H30N4O4S/c1-3-11-24(18(27)15-25-14-17(26)23(2)20(25)29)12-10-22-19(28)21(8-4-5-9-21)16-7-6-13-30-16/h6-7,13H,3-5,8-12,14-15H2,1-2H3,(H,22,28). The second-order valence-corrected chi connectivity index (χ2v) is 8.94. The van der Waals surface area contributed by atoms with Crippen LogP contribution in [0.15, 0.2) is 17.5 Å². The Morgan fingerprint density at radius 3 is 2.53 bits per heavy atom. The van der Waals surface area contributed by atoms with Crippen LogP contribution in [-0.2, 0) is 19.8 Å². The fourth-order valence-corrected chi connectivity index (χ4v) is 5.25. The Morgan fingerprint density at radius 1 is 1.23 bits per heavy atom. The molecule has 3 rings (SSSR count). The molecule has 0 aromatic carbocycles. The molecule has 0 bridgehead atoms. The molecule has 0 radical (unpaired) electrons. The van der Waals surface area contributed by atoms with Crippen LogP contribution in [0, 0.1) is 0 Å². The number of carbonyl (C=O) groups excluding carboxylic acids is 4. The normalized spacial score (nSPS) is 18.2. The second-order valence-electron chi connectivity index (χ2n) is 7.99. The van der Waals surface area contributed by atoms with Gasteiger partial charge in [-0.3, -0.25) is 19.3 Å². The number of likely N-dealkylation sites (N-methyl/N-ethyl adjacent to an activating group) is 1. The molecule has 1 aliphatic heterocycles. The van der Waals surface area contributed by atoms with E-state index >= 15 is 0 Å². The summed E-state index contributed by atoms with van der Waals surface area (Å²) >= 11 is 1.62. The lowest BCUT2D eigenvalue weighted by Crippen LogP contribution is -2.47. The summed E-state index contributed by atoms with van der Waals surface area (Å²) < 4.78 is 0. The third kappa shape index (κ3) is 4.50. The largest absolute Gasteiger partial charge is 0.354 e. The number of urea groups is 1. The number of nitrogens with zero attached hydrogens (tertiary/aromatic N) is 3. The predicted molar refractivity (Wildman–Crippen MR) is 114 cm³/mol. The average Bonchev–Trinajstić information content (AvgIpc) is 3.47. The second kappa shape index (κ2) is 9.59. The van der Waals surface area contributed by atoms with Crippen molar-refractivity contribution in [3.8, 4) is 0 Å². The van der Waals surface area contributed by atoms with Crippen molar-refractivity contribution < 1.29 is 19.2 Å². The Balaban J connectivity index is 1.55. The third-order valence-corrected chi connectivity index (χ3v) is 7.06. The first-order chi connectivity index (χ1) is 14.4. The van der Waals surface area contributed by atoms with E-state index in [9.17, 15) is 19.2 Å². The molecule has 1 aliphatic carbocycles. The van der Waals surface area contributed by atoms with Gasteiger partial charge in [0.05, 0.1) is 5.41 Å². The van der Waals surface area contributed by atoms with Gasteiger partial charge in [-0.2, -0.15) is 0 Å². The summed E-state index contributed by atoms with van der Waals surface area (Å²) in [6, 6.07) is 3.57. The highest BCUT2D eigenvalue weighted by atomic mass is 32.1. The zero-order chi connectivity index (χ0) is 21.7. The molecule has 0 atom stereocenters. The first kappa shape index (κ1) is 22.3. The Morgan fingerprint density at radius 2 is 1.97 bits per heavy atom. The van der Waals surface area contributed by atoms with Gasteiger partial charge in [0.1, 0.15) is 13.1 Å². The maximum atomic E-state index is 13.1. The molecule has 2 fully saturated rings. The zero-order valence-corrected chi connectivity index (χ0v) is 18.5. The molecule has 2 aliphatic rings. The fraction of sp³-hybridized carbons (Fsp3) is 0.619. The first-order valence-corrected chi connectivity index (χ1v) is 11.4. The molecule has 8 nitrogen and oxygen atoms in total. The summed E-state index contributed by atoms with van der Waals surface area (Å²) in [4.78, 5) is 54.5. The van der Waals surface area contributed by atoms with Crippen LogP contribution in [0.5, 0.6) is 0 Å². The molecule has 1 aromatic rings. The van der Waals surface area contributed by atoms with Crippen LogP contribution in [0.2, 0.25) is 0 Å². The maximum absolute atomic E-state index is 13.1. The third-order valence-electron chi connectivity index (χ3n) is 5.98. The SMILES string of the molecule is CCCN(CCNC(=O)C1(c2cccs2)CCCC1)C(=O)CN1CC(=O)N(C)C1=O. The van der Waals surface area contributed by atoms with Crippen LogP contribution in [-0.4, -0.2) is 78.2 Å².